The van der Waals surface area contributed by atoms with E-state index in [-0.39, 0.29) is 11.9 Å². The van der Waals surface area contributed by atoms with E-state index in [1.54, 1.807) is 7.11 Å². The Balaban J connectivity index is 1.91. The number of ether oxygens (including phenoxy) is 1. The number of carbonyl (C=O) groups is 1. The van der Waals surface area contributed by atoms with Gasteiger partial charge in [-0.25, -0.2) is 0 Å². The van der Waals surface area contributed by atoms with Crippen LogP contribution in [0.15, 0.2) is 48.5 Å². The molecule has 1 amide bonds. The molecule has 0 bridgehead atoms. The first-order valence-corrected chi connectivity index (χ1v) is 8.16. The number of amides is 1. The first-order valence-electron chi connectivity index (χ1n) is 8.16. The van der Waals surface area contributed by atoms with Crippen molar-refractivity contribution in [1.82, 2.24) is 10.2 Å². The molecule has 1 atom stereocenters. The second-order valence-corrected chi connectivity index (χ2v) is 6.13. The van der Waals surface area contributed by atoms with Gasteiger partial charge >= 0.3 is 0 Å². The molecule has 0 saturated heterocycles. The molecule has 0 aromatic heterocycles. The van der Waals surface area contributed by atoms with E-state index in [9.17, 15) is 4.79 Å². The predicted octanol–water partition coefficient (Wildman–Crippen LogP) is 3.31. The minimum Gasteiger partial charge on any atom is -0.496 e. The molecule has 2 aromatic carbocycles. The Labute approximate surface area is 144 Å². The summed E-state index contributed by atoms with van der Waals surface area (Å²) in [4.78, 5) is 14.3. The van der Waals surface area contributed by atoms with Crippen molar-refractivity contribution in [3.05, 3.63) is 65.2 Å². The summed E-state index contributed by atoms with van der Waals surface area (Å²) in [6.07, 6.45) is 0. The average molecular weight is 326 g/mol. The number of carbonyl (C=O) groups excluding carboxylic acids is 1. The fourth-order valence-electron chi connectivity index (χ4n) is 2.77. The molecule has 0 saturated carbocycles. The summed E-state index contributed by atoms with van der Waals surface area (Å²) in [5.41, 5.74) is 3.47. The monoisotopic (exact) mass is 326 g/mol. The van der Waals surface area contributed by atoms with Gasteiger partial charge in [-0.1, -0.05) is 42.5 Å². The van der Waals surface area contributed by atoms with Crippen LogP contribution in [0.25, 0.3) is 0 Å². The summed E-state index contributed by atoms with van der Waals surface area (Å²) in [6.45, 7) is 5.17. The molecule has 128 valence electrons. The highest BCUT2D eigenvalue weighted by molar-refractivity contribution is 5.78. The number of nitrogens with zero attached hydrogens (tertiary/aromatic N) is 1. The van der Waals surface area contributed by atoms with Gasteiger partial charge in [0.1, 0.15) is 5.75 Å². The summed E-state index contributed by atoms with van der Waals surface area (Å²) in [6, 6.07) is 15.9. The highest BCUT2D eigenvalue weighted by Gasteiger charge is 2.15. The van der Waals surface area contributed by atoms with E-state index in [4.69, 9.17) is 4.74 Å². The van der Waals surface area contributed by atoms with Gasteiger partial charge in [-0.2, -0.15) is 0 Å². The lowest BCUT2D eigenvalue weighted by molar-refractivity contribution is -0.122. The van der Waals surface area contributed by atoms with Gasteiger partial charge in [-0.05, 0) is 38.1 Å². The van der Waals surface area contributed by atoms with Gasteiger partial charge in [-0.15, -0.1) is 0 Å². The van der Waals surface area contributed by atoms with Crippen LogP contribution in [0.5, 0.6) is 5.75 Å². The summed E-state index contributed by atoms with van der Waals surface area (Å²) in [5, 5.41) is 3.04. The summed E-state index contributed by atoms with van der Waals surface area (Å²) >= 11 is 0. The third-order valence-corrected chi connectivity index (χ3v) is 4.10. The van der Waals surface area contributed by atoms with Gasteiger partial charge in [-0.3, -0.25) is 9.69 Å². The average Bonchev–Trinajstić information content (AvgIpc) is 2.56. The smallest absolute Gasteiger partial charge is 0.234 e. The van der Waals surface area contributed by atoms with Crippen molar-refractivity contribution in [2.75, 3.05) is 20.7 Å². The van der Waals surface area contributed by atoms with E-state index >= 15 is 0 Å². The normalized spacial score (nSPS) is 12.0. The Kier molecular flexibility index (Phi) is 6.38. The highest BCUT2D eigenvalue weighted by atomic mass is 16.5. The molecule has 0 heterocycles. The van der Waals surface area contributed by atoms with Crippen molar-refractivity contribution >= 4 is 5.91 Å². The highest BCUT2D eigenvalue weighted by Crippen LogP contribution is 2.24. The number of likely N-dealkylation sites (N-methyl/N-ethyl adjacent to an activating group) is 1. The second kappa shape index (κ2) is 8.50. The van der Waals surface area contributed by atoms with E-state index < -0.39 is 0 Å². The minimum atomic E-state index is -0.0967. The topological polar surface area (TPSA) is 41.6 Å². The van der Waals surface area contributed by atoms with E-state index in [0.29, 0.717) is 6.54 Å². The van der Waals surface area contributed by atoms with Crippen molar-refractivity contribution in [3.8, 4) is 5.75 Å². The standard InChI is InChI=1S/C20H26N2O2/c1-15-9-5-6-10-17(15)13-22(3)14-20(23)21-16(2)18-11-7-8-12-19(18)24-4/h5-12,16H,13-14H2,1-4H3,(H,21,23). The van der Waals surface area contributed by atoms with E-state index in [1.165, 1.54) is 11.1 Å². The van der Waals surface area contributed by atoms with Crippen LogP contribution in [0.3, 0.4) is 0 Å². The van der Waals surface area contributed by atoms with Gasteiger partial charge in [0.2, 0.25) is 5.91 Å². The van der Waals surface area contributed by atoms with E-state index in [2.05, 4.69) is 24.4 Å². The number of hydrogen-bond acceptors (Lipinski definition) is 3. The zero-order valence-electron chi connectivity index (χ0n) is 14.9. The quantitative estimate of drug-likeness (QED) is 0.849. The van der Waals surface area contributed by atoms with Gasteiger partial charge < -0.3 is 10.1 Å². The van der Waals surface area contributed by atoms with Crippen molar-refractivity contribution in [2.45, 2.75) is 26.4 Å². The van der Waals surface area contributed by atoms with Crippen LogP contribution in [0, 0.1) is 6.92 Å². The Bertz CT molecular complexity index is 685. The number of para-hydroxylation sites is 1. The molecule has 0 radical (unpaired) electrons. The summed E-state index contributed by atoms with van der Waals surface area (Å²) in [5.74, 6) is 0.794. The molecule has 0 aliphatic heterocycles. The lowest BCUT2D eigenvalue weighted by Crippen LogP contribution is -2.36. The number of aryl methyl sites for hydroxylation is 1. The van der Waals surface area contributed by atoms with Crippen molar-refractivity contribution < 1.29 is 9.53 Å². The molecule has 4 nitrogen and oxygen atoms in total. The predicted molar refractivity (Wildman–Crippen MR) is 97.1 cm³/mol. The first-order chi connectivity index (χ1) is 11.5. The summed E-state index contributed by atoms with van der Waals surface area (Å²) < 4.78 is 5.36. The minimum absolute atomic E-state index is 0.00416. The Morgan fingerprint density at radius 3 is 2.54 bits per heavy atom. The number of methoxy groups -OCH3 is 1. The number of rotatable bonds is 7. The molecule has 4 heteroatoms. The second-order valence-electron chi connectivity index (χ2n) is 6.13. The van der Waals surface area contributed by atoms with Crippen LogP contribution < -0.4 is 10.1 Å². The molecule has 0 spiro atoms. The fourth-order valence-corrected chi connectivity index (χ4v) is 2.77. The molecular weight excluding hydrogens is 300 g/mol. The van der Waals surface area contributed by atoms with Crippen molar-refractivity contribution in [3.63, 3.8) is 0 Å². The van der Waals surface area contributed by atoms with Gasteiger partial charge in [0.15, 0.2) is 0 Å². The third-order valence-electron chi connectivity index (χ3n) is 4.10. The van der Waals surface area contributed by atoms with Gasteiger partial charge in [0.05, 0.1) is 19.7 Å². The Morgan fingerprint density at radius 2 is 1.83 bits per heavy atom. The maximum Gasteiger partial charge on any atom is 0.234 e. The molecule has 1 N–H and O–H groups in total. The third kappa shape index (κ3) is 4.83. The van der Waals surface area contributed by atoms with Crippen LogP contribution in [0.4, 0.5) is 0 Å². The largest absolute Gasteiger partial charge is 0.496 e. The van der Waals surface area contributed by atoms with Crippen LogP contribution in [0.2, 0.25) is 0 Å². The van der Waals surface area contributed by atoms with Crippen molar-refractivity contribution in [1.29, 1.82) is 0 Å². The molecule has 0 aliphatic rings. The Morgan fingerprint density at radius 1 is 1.17 bits per heavy atom. The fraction of sp³-hybridized carbons (Fsp3) is 0.350. The SMILES string of the molecule is COc1ccccc1C(C)NC(=O)CN(C)Cc1ccccc1C. The molecule has 2 aromatic rings. The lowest BCUT2D eigenvalue weighted by Gasteiger charge is -2.21. The van der Waals surface area contributed by atoms with E-state index in [1.807, 2.05) is 55.3 Å². The van der Waals surface area contributed by atoms with E-state index in [0.717, 1.165) is 17.9 Å². The maximum absolute atomic E-state index is 12.3. The molecule has 1 unspecified atom stereocenters. The molecule has 0 aliphatic carbocycles. The van der Waals surface area contributed by atoms with Crippen molar-refractivity contribution in [2.24, 2.45) is 0 Å². The van der Waals surface area contributed by atoms with Crippen LogP contribution in [0.1, 0.15) is 29.7 Å². The molecular formula is C20H26N2O2. The zero-order valence-corrected chi connectivity index (χ0v) is 14.9. The van der Waals surface area contributed by atoms with Gasteiger partial charge in [0, 0.05) is 12.1 Å². The number of hydrogen-bond donors (Lipinski definition) is 1. The Hall–Kier alpha value is -2.33. The number of nitrogens with one attached hydrogen (secondary N) is 1. The van der Waals surface area contributed by atoms with Crippen LogP contribution >= 0.6 is 0 Å². The maximum atomic E-state index is 12.3. The van der Waals surface area contributed by atoms with Gasteiger partial charge in [0.25, 0.3) is 0 Å². The molecule has 0 fully saturated rings. The lowest BCUT2D eigenvalue weighted by atomic mass is 10.1. The first kappa shape index (κ1) is 18.0. The van der Waals surface area contributed by atoms with Crippen LogP contribution in [-0.2, 0) is 11.3 Å². The van der Waals surface area contributed by atoms with Crippen LogP contribution in [-0.4, -0.2) is 31.5 Å². The summed E-state index contributed by atoms with van der Waals surface area (Å²) in [7, 11) is 3.60. The number of benzene rings is 2. The molecule has 24 heavy (non-hydrogen) atoms. The molecule has 2 rings (SSSR count). The zero-order chi connectivity index (χ0) is 17.5.